The van der Waals surface area contributed by atoms with Crippen molar-refractivity contribution in [3.63, 3.8) is 0 Å². The molecule has 35 heavy (non-hydrogen) atoms. The van der Waals surface area contributed by atoms with Gasteiger partial charge in [0.15, 0.2) is 5.78 Å². The number of ether oxygens (including phenoxy) is 3. The smallest absolute Gasteiger partial charge is 0.343 e. The SMILES string of the molecule is C=CC(=O)CC(=O)Oc1ccc(C(=O)Oc2ccc(C(=O)OC3CCC(C(=O)O)CC3)cc2)cc1. The van der Waals surface area contributed by atoms with Crippen LogP contribution in [0.5, 0.6) is 11.5 Å². The van der Waals surface area contributed by atoms with Gasteiger partial charge in [0.2, 0.25) is 0 Å². The molecule has 0 saturated heterocycles. The minimum Gasteiger partial charge on any atom is -0.481 e. The van der Waals surface area contributed by atoms with Crippen LogP contribution in [-0.2, 0) is 19.1 Å². The Hall–Kier alpha value is -4.27. The number of hydrogen-bond donors (Lipinski definition) is 1. The van der Waals surface area contributed by atoms with Gasteiger partial charge in [-0.1, -0.05) is 6.58 Å². The summed E-state index contributed by atoms with van der Waals surface area (Å²) in [6, 6.07) is 11.5. The first-order chi connectivity index (χ1) is 16.7. The highest BCUT2D eigenvalue weighted by molar-refractivity contribution is 6.02. The Kier molecular flexibility index (Phi) is 8.50. The average Bonchev–Trinajstić information content (AvgIpc) is 2.85. The largest absolute Gasteiger partial charge is 0.481 e. The summed E-state index contributed by atoms with van der Waals surface area (Å²) in [4.78, 5) is 58.6. The highest BCUT2D eigenvalue weighted by Crippen LogP contribution is 2.27. The number of ketones is 1. The van der Waals surface area contributed by atoms with Gasteiger partial charge in [-0.2, -0.15) is 0 Å². The molecule has 1 N–H and O–H groups in total. The van der Waals surface area contributed by atoms with E-state index in [1.54, 1.807) is 0 Å². The number of benzene rings is 2. The van der Waals surface area contributed by atoms with Crippen LogP contribution in [0.3, 0.4) is 0 Å². The zero-order chi connectivity index (χ0) is 25.4. The first kappa shape index (κ1) is 25.4. The van der Waals surface area contributed by atoms with E-state index in [0.717, 1.165) is 6.08 Å². The van der Waals surface area contributed by atoms with E-state index in [1.807, 2.05) is 0 Å². The Labute approximate surface area is 201 Å². The number of carboxylic acid groups (broad SMARTS) is 1. The van der Waals surface area contributed by atoms with Crippen LogP contribution in [0.25, 0.3) is 0 Å². The Morgan fingerprint density at radius 2 is 1.31 bits per heavy atom. The van der Waals surface area contributed by atoms with Gasteiger partial charge >= 0.3 is 23.9 Å². The van der Waals surface area contributed by atoms with E-state index in [-0.39, 0.29) is 28.7 Å². The zero-order valence-corrected chi connectivity index (χ0v) is 18.8. The molecule has 1 aliphatic rings. The Morgan fingerprint density at radius 1 is 0.800 bits per heavy atom. The molecule has 0 spiro atoms. The van der Waals surface area contributed by atoms with Crippen molar-refractivity contribution >= 4 is 29.7 Å². The Balaban J connectivity index is 1.50. The summed E-state index contributed by atoms with van der Waals surface area (Å²) in [6.45, 7) is 3.28. The lowest BCUT2D eigenvalue weighted by Gasteiger charge is -2.25. The molecule has 9 heteroatoms. The maximum absolute atomic E-state index is 12.4. The van der Waals surface area contributed by atoms with Gasteiger partial charge in [0.25, 0.3) is 0 Å². The number of carboxylic acids is 1. The maximum atomic E-state index is 12.4. The summed E-state index contributed by atoms with van der Waals surface area (Å²) >= 11 is 0. The number of rotatable bonds is 9. The van der Waals surface area contributed by atoms with Crippen LogP contribution < -0.4 is 9.47 Å². The third kappa shape index (κ3) is 7.36. The Bertz CT molecular complexity index is 1110. The summed E-state index contributed by atoms with van der Waals surface area (Å²) in [5.41, 5.74) is 0.485. The predicted molar refractivity (Wildman–Crippen MR) is 122 cm³/mol. The second-order valence-electron chi connectivity index (χ2n) is 7.98. The van der Waals surface area contributed by atoms with Gasteiger partial charge in [0.1, 0.15) is 24.0 Å². The molecule has 0 aromatic heterocycles. The van der Waals surface area contributed by atoms with Crippen LogP contribution in [0.2, 0.25) is 0 Å². The summed E-state index contributed by atoms with van der Waals surface area (Å²) in [5.74, 6) is -3.21. The monoisotopic (exact) mass is 480 g/mol. The highest BCUT2D eigenvalue weighted by atomic mass is 16.5. The fourth-order valence-electron chi connectivity index (χ4n) is 3.51. The van der Waals surface area contributed by atoms with E-state index in [2.05, 4.69) is 6.58 Å². The van der Waals surface area contributed by atoms with Crippen LogP contribution in [0.15, 0.2) is 61.2 Å². The molecule has 0 amide bonds. The van der Waals surface area contributed by atoms with Crippen LogP contribution in [0, 0.1) is 5.92 Å². The van der Waals surface area contributed by atoms with Gasteiger partial charge in [-0.3, -0.25) is 14.4 Å². The van der Waals surface area contributed by atoms with Crippen molar-refractivity contribution in [2.24, 2.45) is 5.92 Å². The molecule has 0 bridgehead atoms. The summed E-state index contributed by atoms with van der Waals surface area (Å²) < 4.78 is 15.8. The molecule has 2 aromatic carbocycles. The van der Waals surface area contributed by atoms with Gasteiger partial charge in [-0.05, 0) is 80.3 Å². The maximum Gasteiger partial charge on any atom is 0.343 e. The van der Waals surface area contributed by atoms with Gasteiger partial charge in [0, 0.05) is 0 Å². The third-order valence-corrected chi connectivity index (χ3v) is 5.47. The number of aliphatic carboxylic acids is 1. The Morgan fingerprint density at radius 3 is 1.83 bits per heavy atom. The fraction of sp³-hybridized carbons (Fsp3) is 0.269. The third-order valence-electron chi connectivity index (χ3n) is 5.47. The van der Waals surface area contributed by atoms with Crippen LogP contribution >= 0.6 is 0 Å². The standard InChI is InChI=1S/C26H24O9/c1-2-19(27)15-23(28)33-20-11-5-17(6-12-20)25(31)35-22-13-7-18(8-14-22)26(32)34-21-9-3-16(4-10-21)24(29)30/h2,5-8,11-14,16,21H,1,3-4,9-10,15H2,(H,29,30). The quantitative estimate of drug-likeness (QED) is 0.246. The van der Waals surface area contributed by atoms with Crippen molar-refractivity contribution in [2.75, 3.05) is 0 Å². The fourth-order valence-corrected chi connectivity index (χ4v) is 3.51. The number of carbonyl (C=O) groups is 5. The average molecular weight is 480 g/mol. The lowest BCUT2D eigenvalue weighted by Crippen LogP contribution is -2.27. The van der Waals surface area contributed by atoms with Gasteiger partial charge in [0.05, 0.1) is 17.0 Å². The normalized spacial score (nSPS) is 17.0. The molecule has 182 valence electrons. The zero-order valence-electron chi connectivity index (χ0n) is 18.8. The van der Waals surface area contributed by atoms with E-state index >= 15 is 0 Å². The molecule has 9 nitrogen and oxygen atoms in total. The van der Waals surface area contributed by atoms with E-state index < -0.39 is 42.0 Å². The minimum absolute atomic E-state index is 0.169. The number of carbonyl (C=O) groups excluding carboxylic acids is 4. The van der Waals surface area contributed by atoms with Gasteiger partial charge in [-0.25, -0.2) is 9.59 Å². The van der Waals surface area contributed by atoms with Crippen molar-refractivity contribution in [1.82, 2.24) is 0 Å². The first-order valence-corrected chi connectivity index (χ1v) is 11.0. The van der Waals surface area contributed by atoms with Crippen molar-refractivity contribution < 1.29 is 43.3 Å². The lowest BCUT2D eigenvalue weighted by molar-refractivity contribution is -0.143. The molecule has 0 unspecified atom stereocenters. The minimum atomic E-state index is -0.823. The molecule has 0 radical (unpaired) electrons. The number of hydrogen-bond acceptors (Lipinski definition) is 8. The van der Waals surface area contributed by atoms with Gasteiger partial charge in [-0.15, -0.1) is 0 Å². The summed E-state index contributed by atoms with van der Waals surface area (Å²) in [6.07, 6.45) is 2.24. The molecular formula is C26H24O9. The summed E-state index contributed by atoms with van der Waals surface area (Å²) in [7, 11) is 0. The predicted octanol–water partition coefficient (Wildman–Crippen LogP) is 3.76. The molecule has 1 aliphatic carbocycles. The van der Waals surface area contributed by atoms with Crippen LogP contribution in [-0.4, -0.2) is 40.9 Å². The topological polar surface area (TPSA) is 133 Å². The molecular weight excluding hydrogens is 456 g/mol. The van der Waals surface area contributed by atoms with Crippen molar-refractivity contribution in [2.45, 2.75) is 38.2 Å². The van der Waals surface area contributed by atoms with E-state index in [4.69, 9.17) is 19.3 Å². The second kappa shape index (κ2) is 11.7. The van der Waals surface area contributed by atoms with E-state index in [9.17, 15) is 24.0 Å². The summed E-state index contributed by atoms with van der Waals surface area (Å²) in [5, 5.41) is 9.05. The van der Waals surface area contributed by atoms with Crippen molar-refractivity contribution in [1.29, 1.82) is 0 Å². The second-order valence-corrected chi connectivity index (χ2v) is 7.98. The first-order valence-electron chi connectivity index (χ1n) is 11.0. The van der Waals surface area contributed by atoms with Gasteiger partial charge < -0.3 is 19.3 Å². The van der Waals surface area contributed by atoms with E-state index in [0.29, 0.717) is 25.7 Å². The van der Waals surface area contributed by atoms with Crippen LogP contribution in [0.4, 0.5) is 0 Å². The number of allylic oxidation sites excluding steroid dienone is 1. The molecule has 0 aliphatic heterocycles. The van der Waals surface area contributed by atoms with E-state index in [1.165, 1.54) is 48.5 Å². The molecule has 1 saturated carbocycles. The van der Waals surface area contributed by atoms with Crippen LogP contribution in [0.1, 0.15) is 52.8 Å². The molecule has 2 aromatic rings. The van der Waals surface area contributed by atoms with Crippen molar-refractivity contribution in [3.05, 3.63) is 72.3 Å². The molecule has 1 fully saturated rings. The molecule has 3 rings (SSSR count). The number of esters is 3. The lowest BCUT2D eigenvalue weighted by atomic mass is 9.87. The highest BCUT2D eigenvalue weighted by Gasteiger charge is 2.28. The molecule has 0 heterocycles. The molecule has 0 atom stereocenters. The van der Waals surface area contributed by atoms with Crippen molar-refractivity contribution in [3.8, 4) is 11.5 Å².